The number of hydrogen-bond acceptors (Lipinski definition) is 3. The van der Waals surface area contributed by atoms with Crippen LogP contribution in [0.3, 0.4) is 0 Å². The van der Waals surface area contributed by atoms with Gasteiger partial charge >= 0.3 is 0 Å². The lowest BCUT2D eigenvalue weighted by atomic mass is 10.2. The Hall–Kier alpha value is -0.930. The molecule has 6 heteroatoms. The van der Waals surface area contributed by atoms with E-state index in [0.717, 1.165) is 18.2 Å². The number of hydrogen-bond donors (Lipinski definition) is 0. The second-order valence-corrected chi connectivity index (χ2v) is 6.10. The fourth-order valence-electron chi connectivity index (χ4n) is 0.742. The predicted octanol–water partition coefficient (Wildman–Crippen LogP) is 1.78. The Labute approximate surface area is 81.9 Å². The number of rotatable bonds is 1. The molecule has 3 nitrogen and oxygen atoms in total. The van der Waals surface area contributed by atoms with Gasteiger partial charge in [0.05, 0.1) is 25.3 Å². The van der Waals surface area contributed by atoms with Gasteiger partial charge in [-0.1, -0.05) is 0 Å². The highest BCUT2D eigenvalue weighted by Gasteiger charge is 2.11. The van der Waals surface area contributed by atoms with Crippen LogP contribution in [0, 0.1) is 17.1 Å². The Balaban J connectivity index is 3.41. The van der Waals surface area contributed by atoms with Gasteiger partial charge in [-0.2, -0.15) is 5.26 Å². The van der Waals surface area contributed by atoms with Crippen molar-refractivity contribution in [3.63, 3.8) is 0 Å². The van der Waals surface area contributed by atoms with Crippen LogP contribution < -0.4 is 0 Å². The fraction of sp³-hybridized carbons (Fsp3) is 0. The van der Waals surface area contributed by atoms with E-state index < -0.39 is 14.1 Å². The van der Waals surface area contributed by atoms with Gasteiger partial charge in [-0.05, 0) is 18.2 Å². The summed E-state index contributed by atoms with van der Waals surface area (Å²) >= 11 is 2.41. The van der Waals surface area contributed by atoms with Crippen LogP contribution in [0.5, 0.6) is 0 Å². The van der Waals surface area contributed by atoms with Crippen LogP contribution in [-0.4, -0.2) is 8.42 Å². The summed E-state index contributed by atoms with van der Waals surface area (Å²) in [6, 6.07) is 4.54. The Bertz CT molecular complexity index is 478. The van der Waals surface area contributed by atoms with Crippen molar-refractivity contribution in [2.75, 3.05) is 0 Å². The minimum Gasteiger partial charge on any atom is -0.212 e. The zero-order valence-electron chi connectivity index (χ0n) is 6.16. The Morgan fingerprint density at radius 3 is 2.54 bits per heavy atom. The summed E-state index contributed by atoms with van der Waals surface area (Å²) in [5.74, 6) is -0.734. The van der Waals surface area contributed by atoms with Crippen LogP contribution >= 0.6 is 14.8 Å². The molecule has 0 spiro atoms. The molecule has 0 saturated heterocycles. The third-order valence-electron chi connectivity index (χ3n) is 1.34. The van der Waals surface area contributed by atoms with Gasteiger partial charge < -0.3 is 0 Å². The van der Waals surface area contributed by atoms with E-state index in [0.29, 0.717) is 0 Å². The zero-order chi connectivity index (χ0) is 10.1. The molecule has 0 heterocycles. The first kappa shape index (κ1) is 10.2. The smallest absolute Gasteiger partial charge is 0.212 e. The minimum atomic E-state index is -3.56. The van der Waals surface area contributed by atoms with E-state index in [1.807, 2.05) is 0 Å². The molecule has 1 rings (SSSR count). The first-order valence-corrected chi connectivity index (χ1v) is 6.42. The molecule has 13 heavy (non-hydrogen) atoms. The van der Waals surface area contributed by atoms with Gasteiger partial charge in [0.15, 0.2) is 0 Å². The Kier molecular flexibility index (Phi) is 2.68. The second kappa shape index (κ2) is 3.44. The predicted molar refractivity (Wildman–Crippen MR) is 47.2 cm³/mol. The summed E-state index contributed by atoms with van der Waals surface area (Å²) in [6.45, 7) is 0. The molecular weight excluding hydrogens is 261 g/mol. The number of nitriles is 1. The van der Waals surface area contributed by atoms with Crippen molar-refractivity contribution in [1.82, 2.24) is 0 Å². The highest BCUT2D eigenvalue weighted by atomic mass is 79.9. The first-order valence-electron chi connectivity index (χ1n) is 3.09. The van der Waals surface area contributed by atoms with Crippen molar-refractivity contribution in [2.24, 2.45) is 0 Å². The molecule has 0 aliphatic carbocycles. The summed E-state index contributed by atoms with van der Waals surface area (Å²) in [5.41, 5.74) is -0.291. The van der Waals surface area contributed by atoms with Gasteiger partial charge in [0.1, 0.15) is 11.9 Å². The van der Waals surface area contributed by atoms with Crippen LogP contribution in [0.4, 0.5) is 4.39 Å². The maximum absolute atomic E-state index is 12.7. The maximum Gasteiger partial charge on any atom is 0.237 e. The molecule has 0 saturated carbocycles. The van der Waals surface area contributed by atoms with Gasteiger partial charge in [-0.25, -0.2) is 12.8 Å². The van der Waals surface area contributed by atoms with E-state index in [4.69, 9.17) is 5.26 Å². The van der Waals surface area contributed by atoms with Crippen molar-refractivity contribution in [1.29, 1.82) is 5.26 Å². The third-order valence-corrected chi connectivity index (χ3v) is 3.28. The Morgan fingerprint density at radius 2 is 2.08 bits per heavy atom. The SMILES string of the molecule is N#Cc1cc(S(=O)(=O)Br)ccc1F. The van der Waals surface area contributed by atoms with E-state index in [2.05, 4.69) is 14.8 Å². The lowest BCUT2D eigenvalue weighted by Gasteiger charge is -1.97. The largest absolute Gasteiger partial charge is 0.237 e. The topological polar surface area (TPSA) is 57.9 Å². The lowest BCUT2D eigenvalue weighted by Crippen LogP contribution is -1.92. The van der Waals surface area contributed by atoms with Crippen molar-refractivity contribution < 1.29 is 12.8 Å². The standard InChI is InChI=1S/C7H3BrFNO2S/c8-13(11,12)6-1-2-7(9)5(3-6)4-10/h1-3H. The van der Waals surface area contributed by atoms with Crippen LogP contribution in [0.2, 0.25) is 0 Å². The summed E-state index contributed by atoms with van der Waals surface area (Å²) in [7, 11) is -3.56. The molecule has 68 valence electrons. The molecule has 0 fully saturated rings. The van der Waals surface area contributed by atoms with Gasteiger partial charge in [0.25, 0.3) is 0 Å². The second-order valence-electron chi connectivity index (χ2n) is 2.19. The molecule has 0 aliphatic heterocycles. The molecule has 1 aromatic rings. The van der Waals surface area contributed by atoms with Crippen LogP contribution in [0.15, 0.2) is 23.1 Å². The van der Waals surface area contributed by atoms with Crippen LogP contribution in [0.25, 0.3) is 0 Å². The van der Waals surface area contributed by atoms with E-state index in [1.165, 1.54) is 0 Å². The number of halogens is 2. The number of benzene rings is 1. The lowest BCUT2D eigenvalue weighted by molar-refractivity contribution is 0.608. The maximum atomic E-state index is 12.7. The van der Waals surface area contributed by atoms with Crippen molar-refractivity contribution in [2.45, 2.75) is 4.90 Å². The molecule has 0 radical (unpaired) electrons. The van der Waals surface area contributed by atoms with Crippen LogP contribution in [0.1, 0.15) is 5.56 Å². The monoisotopic (exact) mass is 263 g/mol. The number of nitrogens with zero attached hydrogens (tertiary/aromatic N) is 1. The minimum absolute atomic E-state index is 0.134. The van der Waals surface area contributed by atoms with E-state index in [1.54, 1.807) is 6.07 Å². The van der Waals surface area contributed by atoms with Crippen molar-refractivity contribution in [3.8, 4) is 6.07 Å². The van der Waals surface area contributed by atoms with E-state index in [9.17, 15) is 12.8 Å². The van der Waals surface area contributed by atoms with Gasteiger partial charge in [-0.3, -0.25) is 0 Å². The molecule has 0 aromatic heterocycles. The quantitative estimate of drug-likeness (QED) is 0.726. The average Bonchev–Trinajstić information content (AvgIpc) is 2.03. The summed E-state index contributed by atoms with van der Waals surface area (Å²) in [5, 5.41) is 8.41. The molecule has 0 unspecified atom stereocenters. The molecule has 0 N–H and O–H groups in total. The molecule has 0 amide bonds. The zero-order valence-corrected chi connectivity index (χ0v) is 8.56. The molecule has 0 atom stereocenters. The van der Waals surface area contributed by atoms with Crippen molar-refractivity contribution in [3.05, 3.63) is 29.6 Å². The van der Waals surface area contributed by atoms with Gasteiger partial charge in [0, 0.05) is 0 Å². The van der Waals surface area contributed by atoms with E-state index in [-0.39, 0.29) is 10.5 Å². The fourth-order valence-corrected chi connectivity index (χ4v) is 1.84. The van der Waals surface area contributed by atoms with E-state index >= 15 is 0 Å². The first-order chi connectivity index (χ1) is 5.95. The molecular formula is C7H3BrFNO2S. The molecule has 1 aromatic carbocycles. The highest BCUT2D eigenvalue weighted by Crippen LogP contribution is 2.19. The average molecular weight is 264 g/mol. The Morgan fingerprint density at radius 1 is 1.46 bits per heavy atom. The third kappa shape index (κ3) is 2.26. The molecule has 0 aliphatic rings. The molecule has 0 bridgehead atoms. The summed E-state index contributed by atoms with van der Waals surface area (Å²) in [4.78, 5) is -0.134. The summed E-state index contributed by atoms with van der Waals surface area (Å²) in [6.07, 6.45) is 0. The summed E-state index contributed by atoms with van der Waals surface area (Å²) < 4.78 is 34.5. The van der Waals surface area contributed by atoms with Gasteiger partial charge in [-0.15, -0.1) is 0 Å². The normalized spacial score (nSPS) is 10.8. The highest BCUT2D eigenvalue weighted by molar-refractivity contribution is 9.47. The van der Waals surface area contributed by atoms with Gasteiger partial charge in [0.2, 0.25) is 8.27 Å². The van der Waals surface area contributed by atoms with Crippen LogP contribution in [-0.2, 0) is 8.27 Å². The van der Waals surface area contributed by atoms with Crippen molar-refractivity contribution >= 4 is 23.1 Å².